The molecule has 1 atom stereocenters. The Morgan fingerprint density at radius 2 is 1.90 bits per heavy atom. The van der Waals surface area contributed by atoms with Crippen LogP contribution < -0.4 is 5.56 Å². The number of rotatable bonds is 1. The van der Waals surface area contributed by atoms with Crippen molar-refractivity contribution < 1.29 is 9.53 Å². The number of carbonyl (C=O) groups is 1. The minimum atomic E-state index is -0.628. The second kappa shape index (κ2) is 6.70. The molecule has 0 amide bonds. The number of hydrogen-bond donors (Lipinski definition) is 0. The number of benzene rings is 1. The summed E-state index contributed by atoms with van der Waals surface area (Å²) in [6, 6.07) is 9.63. The highest BCUT2D eigenvalue weighted by Crippen LogP contribution is 2.48. The number of esters is 1. The van der Waals surface area contributed by atoms with E-state index < -0.39 is 11.5 Å². The summed E-state index contributed by atoms with van der Waals surface area (Å²) in [5, 5.41) is 2.36. The average Bonchev–Trinajstić information content (AvgIpc) is 2.68. The first-order valence-electron chi connectivity index (χ1n) is 9.55. The third-order valence-electron chi connectivity index (χ3n) is 5.87. The van der Waals surface area contributed by atoms with Crippen LogP contribution in [0.1, 0.15) is 48.2 Å². The van der Waals surface area contributed by atoms with Crippen molar-refractivity contribution in [2.24, 2.45) is 12.5 Å². The zero-order valence-corrected chi connectivity index (χ0v) is 17.9. The van der Waals surface area contributed by atoms with Crippen molar-refractivity contribution in [3.05, 3.63) is 62.5 Å². The first kappa shape index (κ1) is 19.6. The predicted molar refractivity (Wildman–Crippen MR) is 115 cm³/mol. The Bertz CT molecular complexity index is 1220. The van der Waals surface area contributed by atoms with Crippen molar-refractivity contribution in [1.82, 2.24) is 9.55 Å². The lowest BCUT2D eigenvalue weighted by Gasteiger charge is -2.37. The first-order valence-corrected chi connectivity index (χ1v) is 9.92. The molecule has 150 valence electrons. The fourth-order valence-corrected chi connectivity index (χ4v) is 4.60. The molecule has 0 aliphatic heterocycles. The number of carbonyl (C=O) groups excluding carboxylic acids is 1. The summed E-state index contributed by atoms with van der Waals surface area (Å²) in [6.07, 6.45) is 0.745. The number of nitrogens with zero attached hydrogens (tertiary/aromatic N) is 2. The molecule has 0 saturated carbocycles. The van der Waals surface area contributed by atoms with E-state index in [1.165, 1.54) is 11.7 Å². The van der Waals surface area contributed by atoms with Crippen LogP contribution in [0.3, 0.4) is 0 Å². The van der Waals surface area contributed by atoms with Gasteiger partial charge in [-0.15, -0.1) is 0 Å². The molecule has 0 spiro atoms. The van der Waals surface area contributed by atoms with Crippen LogP contribution in [-0.2, 0) is 18.2 Å². The van der Waals surface area contributed by atoms with Gasteiger partial charge in [0, 0.05) is 12.4 Å². The Labute approximate surface area is 174 Å². The first-order chi connectivity index (χ1) is 13.6. The van der Waals surface area contributed by atoms with Crippen LogP contribution in [0.5, 0.6) is 0 Å². The van der Waals surface area contributed by atoms with E-state index in [-0.39, 0.29) is 16.9 Å². The normalized spacial score (nSPS) is 15.7. The summed E-state index contributed by atoms with van der Waals surface area (Å²) in [7, 11) is 2.96. The molecule has 6 heteroatoms. The van der Waals surface area contributed by atoms with Gasteiger partial charge in [0.25, 0.3) is 5.56 Å². The zero-order valence-electron chi connectivity index (χ0n) is 17.2. The maximum atomic E-state index is 13.0. The van der Waals surface area contributed by atoms with Crippen molar-refractivity contribution in [3.63, 3.8) is 0 Å². The van der Waals surface area contributed by atoms with Gasteiger partial charge in [-0.25, -0.2) is 9.78 Å². The monoisotopic (exact) mass is 410 g/mol. The summed E-state index contributed by atoms with van der Waals surface area (Å²) in [5.41, 5.74) is 2.97. The van der Waals surface area contributed by atoms with E-state index in [1.54, 1.807) is 13.1 Å². The fraction of sp³-hybridized carbons (Fsp3) is 0.348. The molecule has 1 aliphatic carbocycles. The van der Waals surface area contributed by atoms with Crippen molar-refractivity contribution in [1.29, 1.82) is 0 Å². The van der Waals surface area contributed by atoms with Crippen LogP contribution in [-0.4, -0.2) is 22.6 Å². The lowest BCUT2D eigenvalue weighted by atomic mass is 9.69. The Morgan fingerprint density at radius 3 is 2.52 bits per heavy atom. The number of hydrogen-bond acceptors (Lipinski definition) is 4. The van der Waals surface area contributed by atoms with E-state index in [1.807, 2.05) is 24.3 Å². The molecule has 0 saturated heterocycles. The zero-order chi connectivity index (χ0) is 21.1. The van der Waals surface area contributed by atoms with Crippen LogP contribution in [0.15, 0.2) is 35.1 Å². The van der Waals surface area contributed by atoms with Gasteiger partial charge in [-0.1, -0.05) is 56.6 Å². The topological polar surface area (TPSA) is 61.2 Å². The van der Waals surface area contributed by atoms with Crippen LogP contribution in [0, 0.1) is 5.41 Å². The number of pyridine rings is 2. The second-order valence-electron chi connectivity index (χ2n) is 8.62. The fourth-order valence-electron chi connectivity index (χ4n) is 4.35. The summed E-state index contributed by atoms with van der Waals surface area (Å²) in [4.78, 5) is 29.9. The molecule has 2 aromatic heterocycles. The minimum Gasteiger partial charge on any atom is -0.465 e. The highest BCUT2D eigenvalue weighted by Gasteiger charge is 2.37. The molecule has 0 N–H and O–H groups in total. The van der Waals surface area contributed by atoms with E-state index in [0.717, 1.165) is 34.0 Å². The lowest BCUT2D eigenvalue weighted by Crippen LogP contribution is -2.33. The third-order valence-corrected chi connectivity index (χ3v) is 6.16. The van der Waals surface area contributed by atoms with Gasteiger partial charge in [-0.2, -0.15) is 0 Å². The highest BCUT2D eigenvalue weighted by atomic mass is 35.5. The van der Waals surface area contributed by atoms with Crippen molar-refractivity contribution in [3.8, 4) is 11.4 Å². The molecule has 0 bridgehead atoms. The molecule has 5 nitrogen and oxygen atoms in total. The van der Waals surface area contributed by atoms with Gasteiger partial charge in [0.1, 0.15) is 10.7 Å². The lowest BCUT2D eigenvalue weighted by molar-refractivity contribution is 0.0597. The van der Waals surface area contributed by atoms with Crippen LogP contribution in [0.4, 0.5) is 0 Å². The number of halogens is 1. The van der Waals surface area contributed by atoms with Gasteiger partial charge >= 0.3 is 5.97 Å². The Kier molecular flexibility index (Phi) is 4.54. The molecular weight excluding hydrogens is 388 g/mol. The molecular formula is C23H23ClN2O3. The summed E-state index contributed by atoms with van der Waals surface area (Å²) >= 11 is 6.51. The molecule has 0 radical (unpaired) electrons. The molecule has 1 aromatic carbocycles. The summed E-state index contributed by atoms with van der Waals surface area (Å²) < 4.78 is 6.35. The smallest absolute Gasteiger partial charge is 0.343 e. The van der Waals surface area contributed by atoms with Crippen molar-refractivity contribution in [2.45, 2.75) is 33.1 Å². The maximum absolute atomic E-state index is 13.0. The van der Waals surface area contributed by atoms with Gasteiger partial charge in [-0.3, -0.25) is 4.79 Å². The van der Waals surface area contributed by atoms with Gasteiger partial charge in [0.15, 0.2) is 0 Å². The van der Waals surface area contributed by atoms with Crippen LogP contribution in [0.25, 0.3) is 22.2 Å². The van der Waals surface area contributed by atoms with E-state index in [0.29, 0.717) is 10.8 Å². The molecule has 1 aliphatic rings. The Balaban J connectivity index is 2.15. The SMILES string of the molecule is COC(=O)c1cc2c(n(C)c1=O)-c1nc(Cl)c3ccccc3c1CC2C(C)(C)C. The number of methoxy groups -OCH3 is 1. The minimum absolute atomic E-state index is 0.0401. The highest BCUT2D eigenvalue weighted by molar-refractivity contribution is 6.34. The van der Waals surface area contributed by atoms with Crippen LogP contribution in [0.2, 0.25) is 5.15 Å². The van der Waals surface area contributed by atoms with Gasteiger partial charge < -0.3 is 9.30 Å². The molecule has 4 rings (SSSR count). The Morgan fingerprint density at radius 1 is 1.24 bits per heavy atom. The number of aromatic nitrogens is 2. The molecule has 0 fully saturated rings. The quantitative estimate of drug-likeness (QED) is 0.430. The summed E-state index contributed by atoms with van der Waals surface area (Å²) in [6.45, 7) is 6.50. The van der Waals surface area contributed by atoms with Gasteiger partial charge in [0.2, 0.25) is 0 Å². The maximum Gasteiger partial charge on any atom is 0.343 e. The van der Waals surface area contributed by atoms with E-state index in [4.69, 9.17) is 16.3 Å². The van der Waals surface area contributed by atoms with Crippen LogP contribution >= 0.6 is 11.6 Å². The average molecular weight is 411 g/mol. The van der Waals surface area contributed by atoms with Gasteiger partial charge in [0.05, 0.1) is 18.5 Å². The largest absolute Gasteiger partial charge is 0.465 e. The van der Waals surface area contributed by atoms with E-state index >= 15 is 0 Å². The standard InChI is InChI=1S/C23H23ClN2O3/c1-23(2,3)17-11-14-12-8-6-7-9-13(12)20(24)25-18(14)19-15(17)10-16(22(28)29-5)21(27)26(19)4/h6-10,17H,11H2,1-5H3. The second-order valence-corrected chi connectivity index (χ2v) is 8.97. The third kappa shape index (κ3) is 2.96. The van der Waals surface area contributed by atoms with Crippen molar-refractivity contribution in [2.75, 3.05) is 7.11 Å². The predicted octanol–water partition coefficient (Wildman–Crippen LogP) is 4.73. The summed E-state index contributed by atoms with van der Waals surface area (Å²) in [5.74, 6) is -0.539. The molecule has 29 heavy (non-hydrogen) atoms. The number of ether oxygens (including phenoxy) is 1. The molecule has 1 unspecified atom stereocenters. The Hall–Kier alpha value is -2.66. The van der Waals surface area contributed by atoms with E-state index in [2.05, 4.69) is 25.8 Å². The van der Waals surface area contributed by atoms with Crippen molar-refractivity contribution >= 4 is 28.3 Å². The van der Waals surface area contributed by atoms with E-state index in [9.17, 15) is 9.59 Å². The van der Waals surface area contributed by atoms with Gasteiger partial charge in [-0.05, 0) is 40.3 Å². The molecule has 2 heterocycles. The molecule has 3 aromatic rings. The number of fused-ring (bicyclic) bond motifs is 5.